The van der Waals surface area contributed by atoms with Crippen molar-refractivity contribution in [3.63, 3.8) is 0 Å². The van der Waals surface area contributed by atoms with E-state index in [0.717, 1.165) is 12.8 Å². The van der Waals surface area contributed by atoms with Crippen molar-refractivity contribution >= 4 is 15.9 Å². The van der Waals surface area contributed by atoms with E-state index in [-0.39, 0.29) is 11.1 Å². The van der Waals surface area contributed by atoms with Gasteiger partial charge in [-0.1, -0.05) is 6.07 Å². The maximum absolute atomic E-state index is 13.6. The molecular formula is C10H9BrF2O. The zero-order valence-electron chi connectivity index (χ0n) is 7.36. The lowest BCUT2D eigenvalue weighted by Gasteiger charge is -2.13. The molecule has 4 heteroatoms. The molecule has 0 amide bonds. The molecule has 0 radical (unpaired) electrons. The maximum Gasteiger partial charge on any atom is 0.144 e. The highest BCUT2D eigenvalue weighted by Crippen LogP contribution is 2.49. The summed E-state index contributed by atoms with van der Waals surface area (Å²) in [6, 6.07) is 2.64. The van der Waals surface area contributed by atoms with Crippen LogP contribution in [0.15, 0.2) is 16.6 Å². The average Bonchev–Trinajstić information content (AvgIpc) is 2.95. The Hall–Kier alpha value is -0.480. The Morgan fingerprint density at radius 2 is 2.00 bits per heavy atom. The number of hydrogen-bond donors (Lipinski definition) is 1. The van der Waals surface area contributed by atoms with E-state index in [1.165, 1.54) is 12.1 Å². The lowest BCUT2D eigenvalue weighted by atomic mass is 9.96. The molecule has 1 aliphatic carbocycles. The zero-order chi connectivity index (χ0) is 10.3. The van der Waals surface area contributed by atoms with Crippen LogP contribution in [0.25, 0.3) is 0 Å². The third-order valence-electron chi connectivity index (χ3n) is 2.76. The molecule has 1 aromatic rings. The van der Waals surface area contributed by atoms with Crippen molar-refractivity contribution in [3.05, 3.63) is 33.8 Å². The molecule has 1 aromatic carbocycles. The van der Waals surface area contributed by atoms with Gasteiger partial charge >= 0.3 is 0 Å². The van der Waals surface area contributed by atoms with Crippen molar-refractivity contribution in [2.45, 2.75) is 18.3 Å². The Balaban J connectivity index is 2.50. The molecule has 0 spiro atoms. The minimum Gasteiger partial charge on any atom is -0.395 e. The van der Waals surface area contributed by atoms with E-state index in [2.05, 4.69) is 15.9 Å². The van der Waals surface area contributed by atoms with Crippen LogP contribution in [0.3, 0.4) is 0 Å². The van der Waals surface area contributed by atoms with Crippen LogP contribution >= 0.6 is 15.9 Å². The summed E-state index contributed by atoms with van der Waals surface area (Å²) in [5.74, 6) is -1.20. The number of hydrogen-bond acceptors (Lipinski definition) is 1. The Kier molecular flexibility index (Phi) is 2.35. The third kappa shape index (κ3) is 1.37. The smallest absolute Gasteiger partial charge is 0.144 e. The van der Waals surface area contributed by atoms with Crippen molar-refractivity contribution in [1.82, 2.24) is 0 Å². The second kappa shape index (κ2) is 3.28. The van der Waals surface area contributed by atoms with E-state index in [1.54, 1.807) is 0 Å². The summed E-state index contributed by atoms with van der Waals surface area (Å²) < 4.78 is 26.4. The first-order valence-corrected chi connectivity index (χ1v) is 5.15. The van der Waals surface area contributed by atoms with Crippen LogP contribution in [0.5, 0.6) is 0 Å². The van der Waals surface area contributed by atoms with Gasteiger partial charge in [-0.05, 0) is 40.4 Å². The molecule has 0 heterocycles. The van der Waals surface area contributed by atoms with E-state index >= 15 is 0 Å². The fourth-order valence-corrected chi connectivity index (χ4v) is 1.94. The van der Waals surface area contributed by atoms with Gasteiger partial charge < -0.3 is 5.11 Å². The second-order valence-corrected chi connectivity index (χ2v) is 4.45. The third-order valence-corrected chi connectivity index (χ3v) is 3.49. The summed E-state index contributed by atoms with van der Waals surface area (Å²) in [6.07, 6.45) is 1.52. The molecule has 1 saturated carbocycles. The van der Waals surface area contributed by atoms with Crippen LogP contribution in [0.2, 0.25) is 0 Å². The van der Waals surface area contributed by atoms with Gasteiger partial charge in [-0.3, -0.25) is 0 Å². The predicted molar refractivity (Wildman–Crippen MR) is 52.1 cm³/mol. The van der Waals surface area contributed by atoms with Crippen molar-refractivity contribution in [2.75, 3.05) is 6.61 Å². The topological polar surface area (TPSA) is 20.2 Å². The molecule has 1 aliphatic rings. The van der Waals surface area contributed by atoms with Gasteiger partial charge in [0.1, 0.15) is 11.6 Å². The summed E-state index contributed by atoms with van der Waals surface area (Å²) in [5.41, 5.74) is -0.0476. The Morgan fingerprint density at radius 1 is 1.36 bits per heavy atom. The van der Waals surface area contributed by atoms with E-state index in [1.807, 2.05) is 0 Å². The van der Waals surface area contributed by atoms with Crippen molar-refractivity contribution < 1.29 is 13.9 Å². The van der Waals surface area contributed by atoms with E-state index in [0.29, 0.717) is 5.56 Å². The molecule has 1 fully saturated rings. The van der Waals surface area contributed by atoms with Crippen molar-refractivity contribution in [2.24, 2.45) is 0 Å². The normalized spacial score (nSPS) is 18.3. The second-order valence-electron chi connectivity index (χ2n) is 3.66. The van der Waals surface area contributed by atoms with Gasteiger partial charge in [-0.2, -0.15) is 0 Å². The molecule has 0 aliphatic heterocycles. The molecule has 1 N–H and O–H groups in total. The Morgan fingerprint density at radius 3 is 2.50 bits per heavy atom. The zero-order valence-corrected chi connectivity index (χ0v) is 8.94. The standard InChI is InChI=1S/C10H9BrF2O/c11-8-7(12)2-1-6(9(8)13)10(5-14)3-4-10/h1-2,14H,3-5H2. The van der Waals surface area contributed by atoms with Crippen molar-refractivity contribution in [3.8, 4) is 0 Å². The molecule has 0 aromatic heterocycles. The van der Waals surface area contributed by atoms with Crippen LogP contribution in [0, 0.1) is 11.6 Å². The van der Waals surface area contributed by atoms with Crippen molar-refractivity contribution in [1.29, 1.82) is 0 Å². The first-order chi connectivity index (χ1) is 6.60. The summed E-state index contributed by atoms with van der Waals surface area (Å²) in [5, 5.41) is 9.12. The number of benzene rings is 1. The first-order valence-electron chi connectivity index (χ1n) is 4.35. The number of aliphatic hydroxyl groups is 1. The van der Waals surface area contributed by atoms with Gasteiger partial charge in [-0.15, -0.1) is 0 Å². The first kappa shape index (κ1) is 10.1. The summed E-state index contributed by atoms with van der Waals surface area (Å²) in [6.45, 7) is -0.0814. The molecule has 14 heavy (non-hydrogen) atoms. The van der Waals surface area contributed by atoms with Crippen LogP contribution in [-0.2, 0) is 5.41 Å². The van der Waals surface area contributed by atoms with Crippen LogP contribution in [0.4, 0.5) is 8.78 Å². The molecule has 0 atom stereocenters. The summed E-state index contributed by atoms with van der Waals surface area (Å²) >= 11 is 2.85. The van der Waals surface area contributed by atoms with Gasteiger partial charge in [0, 0.05) is 5.41 Å². The molecule has 0 saturated heterocycles. The van der Waals surface area contributed by atoms with Gasteiger partial charge in [0.05, 0.1) is 11.1 Å². The fourth-order valence-electron chi connectivity index (χ4n) is 1.60. The monoisotopic (exact) mass is 262 g/mol. The minimum atomic E-state index is -0.611. The molecular weight excluding hydrogens is 254 g/mol. The van der Waals surface area contributed by atoms with E-state index < -0.39 is 17.0 Å². The molecule has 2 rings (SSSR count). The van der Waals surface area contributed by atoms with Crippen LogP contribution in [0.1, 0.15) is 18.4 Å². The fraction of sp³-hybridized carbons (Fsp3) is 0.400. The highest BCUT2D eigenvalue weighted by atomic mass is 79.9. The number of rotatable bonds is 2. The predicted octanol–water partition coefficient (Wildman–Crippen LogP) is 2.75. The molecule has 76 valence electrons. The Labute approximate surface area is 88.9 Å². The van der Waals surface area contributed by atoms with Crippen LogP contribution in [-0.4, -0.2) is 11.7 Å². The lowest BCUT2D eigenvalue weighted by Crippen LogP contribution is -2.14. The van der Waals surface area contributed by atoms with Crippen LogP contribution < -0.4 is 0 Å². The largest absolute Gasteiger partial charge is 0.395 e. The minimum absolute atomic E-state index is 0.0814. The van der Waals surface area contributed by atoms with Gasteiger partial charge in [0.25, 0.3) is 0 Å². The van der Waals surface area contributed by atoms with Gasteiger partial charge in [0.15, 0.2) is 0 Å². The lowest BCUT2D eigenvalue weighted by molar-refractivity contribution is 0.251. The molecule has 1 nitrogen and oxygen atoms in total. The summed E-state index contributed by atoms with van der Waals surface area (Å²) in [4.78, 5) is 0. The highest BCUT2D eigenvalue weighted by Gasteiger charge is 2.46. The van der Waals surface area contributed by atoms with E-state index in [9.17, 15) is 8.78 Å². The van der Waals surface area contributed by atoms with Gasteiger partial charge in [-0.25, -0.2) is 8.78 Å². The van der Waals surface area contributed by atoms with E-state index in [4.69, 9.17) is 5.11 Å². The highest BCUT2D eigenvalue weighted by molar-refractivity contribution is 9.10. The molecule has 0 bridgehead atoms. The number of halogens is 3. The maximum atomic E-state index is 13.6. The Bertz CT molecular complexity index is 375. The van der Waals surface area contributed by atoms with Gasteiger partial charge in [0.2, 0.25) is 0 Å². The number of aliphatic hydroxyl groups excluding tert-OH is 1. The SMILES string of the molecule is OCC1(c2ccc(F)c(Br)c2F)CC1. The summed E-state index contributed by atoms with van der Waals surface area (Å²) in [7, 11) is 0. The quantitative estimate of drug-likeness (QED) is 0.813. The molecule has 0 unspecified atom stereocenters. The average molecular weight is 263 g/mol.